The molecular weight excluding hydrogens is 324 g/mol. The van der Waals surface area contributed by atoms with E-state index < -0.39 is 0 Å². The number of rotatable bonds is 5. The zero-order chi connectivity index (χ0) is 18.6. The number of nitrogens with one attached hydrogen (secondary N) is 2. The predicted molar refractivity (Wildman–Crippen MR) is 108 cm³/mol. The summed E-state index contributed by atoms with van der Waals surface area (Å²) in [7, 11) is 1.83. The Kier molecular flexibility index (Phi) is 5.88. The monoisotopic (exact) mass is 358 g/mol. The first-order valence-corrected chi connectivity index (χ1v) is 9.82. The van der Waals surface area contributed by atoms with Crippen molar-refractivity contribution in [3.05, 3.63) is 35.4 Å². The molecule has 0 spiro atoms. The molecule has 1 fully saturated rings. The topological polar surface area (TPSA) is 48.9 Å². The van der Waals surface area contributed by atoms with Gasteiger partial charge in [-0.1, -0.05) is 24.3 Å². The lowest BCUT2D eigenvalue weighted by atomic mass is 9.94. The van der Waals surface area contributed by atoms with Gasteiger partial charge in [-0.15, -0.1) is 0 Å². The van der Waals surface area contributed by atoms with Gasteiger partial charge in [0.15, 0.2) is 5.96 Å². The van der Waals surface area contributed by atoms with Crippen LogP contribution >= 0.6 is 0 Å². The number of hydrogen-bond acceptors (Lipinski definition) is 3. The number of fused-ring (bicyclic) bond motifs is 1. The molecule has 2 N–H and O–H groups in total. The first kappa shape index (κ1) is 19.2. The minimum atomic E-state index is -0.0658. The summed E-state index contributed by atoms with van der Waals surface area (Å²) in [6, 6.07) is 8.81. The number of hydrogen-bond donors (Lipinski definition) is 2. The molecule has 2 aliphatic rings. The SMILES string of the molecule is CN=C(NCC1(C)CCCO1)NCC(C)(C)N1CCc2ccccc2C1. The van der Waals surface area contributed by atoms with Crippen molar-refractivity contribution in [2.45, 2.75) is 57.7 Å². The fourth-order valence-corrected chi connectivity index (χ4v) is 3.89. The molecule has 5 nitrogen and oxygen atoms in total. The second kappa shape index (κ2) is 7.97. The average molecular weight is 359 g/mol. The summed E-state index contributed by atoms with van der Waals surface area (Å²) in [5.74, 6) is 0.854. The van der Waals surface area contributed by atoms with Crippen LogP contribution in [0.15, 0.2) is 29.3 Å². The lowest BCUT2D eigenvalue weighted by Crippen LogP contribution is -2.55. The van der Waals surface area contributed by atoms with Crippen LogP contribution in [0.2, 0.25) is 0 Å². The molecule has 144 valence electrons. The Labute approximate surface area is 158 Å². The van der Waals surface area contributed by atoms with Gasteiger partial charge in [0.05, 0.1) is 5.60 Å². The highest BCUT2D eigenvalue weighted by atomic mass is 16.5. The Bertz CT molecular complexity index is 635. The number of aliphatic imine (C=N–C) groups is 1. The van der Waals surface area contributed by atoms with Crippen molar-refractivity contribution in [1.29, 1.82) is 0 Å². The summed E-state index contributed by atoms with van der Waals surface area (Å²) in [5, 5.41) is 6.95. The smallest absolute Gasteiger partial charge is 0.191 e. The van der Waals surface area contributed by atoms with Crippen LogP contribution < -0.4 is 10.6 Å². The lowest BCUT2D eigenvalue weighted by Gasteiger charge is -2.42. The van der Waals surface area contributed by atoms with E-state index in [0.717, 1.165) is 58.0 Å². The number of nitrogens with zero attached hydrogens (tertiary/aromatic N) is 2. The second-order valence-electron chi connectivity index (χ2n) is 8.43. The molecule has 2 aliphatic heterocycles. The first-order valence-electron chi connectivity index (χ1n) is 9.82. The van der Waals surface area contributed by atoms with Crippen LogP contribution in [0.3, 0.4) is 0 Å². The Balaban J connectivity index is 1.52. The molecule has 3 rings (SSSR count). The Hall–Kier alpha value is -1.59. The van der Waals surface area contributed by atoms with E-state index in [1.54, 1.807) is 0 Å². The fraction of sp³-hybridized carbons (Fsp3) is 0.667. The van der Waals surface area contributed by atoms with Crippen molar-refractivity contribution >= 4 is 5.96 Å². The van der Waals surface area contributed by atoms with Crippen molar-refractivity contribution in [3.63, 3.8) is 0 Å². The standard InChI is InChI=1S/C21H34N4O/c1-20(2,25-12-10-17-8-5-6-9-18(17)14-25)15-23-19(22-4)24-16-21(3)11-7-13-26-21/h5-6,8-9H,7,10-16H2,1-4H3,(H2,22,23,24). The van der Waals surface area contributed by atoms with E-state index in [4.69, 9.17) is 4.74 Å². The lowest BCUT2D eigenvalue weighted by molar-refractivity contribution is 0.0242. The molecule has 2 heterocycles. The molecule has 26 heavy (non-hydrogen) atoms. The van der Waals surface area contributed by atoms with Crippen molar-refractivity contribution < 1.29 is 4.74 Å². The molecule has 0 amide bonds. The highest BCUT2D eigenvalue weighted by Gasteiger charge is 2.31. The van der Waals surface area contributed by atoms with Crippen LogP contribution in [0, 0.1) is 0 Å². The number of benzene rings is 1. The summed E-state index contributed by atoms with van der Waals surface area (Å²) in [4.78, 5) is 6.95. The molecular formula is C21H34N4O. The molecule has 1 aromatic rings. The van der Waals surface area contributed by atoms with E-state index in [2.05, 4.69) is 65.6 Å². The van der Waals surface area contributed by atoms with Gasteiger partial charge >= 0.3 is 0 Å². The fourth-order valence-electron chi connectivity index (χ4n) is 3.89. The quantitative estimate of drug-likeness (QED) is 0.627. The third-order valence-electron chi connectivity index (χ3n) is 5.83. The van der Waals surface area contributed by atoms with Crippen LogP contribution in [-0.4, -0.2) is 55.3 Å². The van der Waals surface area contributed by atoms with Crippen molar-refractivity contribution in [2.24, 2.45) is 4.99 Å². The van der Waals surface area contributed by atoms with Crippen LogP contribution in [0.1, 0.15) is 44.7 Å². The first-order chi connectivity index (χ1) is 12.4. The molecule has 1 saturated heterocycles. The number of guanidine groups is 1. The Morgan fingerprint density at radius 1 is 1.27 bits per heavy atom. The van der Waals surface area contributed by atoms with Crippen molar-refractivity contribution in [2.75, 3.05) is 33.3 Å². The molecule has 1 aromatic carbocycles. The average Bonchev–Trinajstić information content (AvgIpc) is 3.08. The minimum absolute atomic E-state index is 0.0545. The van der Waals surface area contributed by atoms with Gasteiger partial charge in [-0.25, -0.2) is 0 Å². The molecule has 0 aromatic heterocycles. The predicted octanol–water partition coefficient (Wildman–Crippen LogP) is 2.56. The van der Waals surface area contributed by atoms with Crippen molar-refractivity contribution in [3.8, 4) is 0 Å². The highest BCUT2D eigenvalue weighted by Crippen LogP contribution is 2.25. The molecule has 0 bridgehead atoms. The Morgan fingerprint density at radius 2 is 2.04 bits per heavy atom. The molecule has 1 atom stereocenters. The zero-order valence-corrected chi connectivity index (χ0v) is 16.8. The van der Waals surface area contributed by atoms with Gasteiger partial charge in [0.2, 0.25) is 0 Å². The number of ether oxygens (including phenoxy) is 1. The van der Waals surface area contributed by atoms with E-state index in [1.165, 1.54) is 11.1 Å². The minimum Gasteiger partial charge on any atom is -0.373 e. The second-order valence-corrected chi connectivity index (χ2v) is 8.43. The summed E-state index contributed by atoms with van der Waals surface area (Å²) in [6.45, 7) is 11.4. The third-order valence-corrected chi connectivity index (χ3v) is 5.83. The van der Waals surface area contributed by atoms with Gasteiger partial charge < -0.3 is 15.4 Å². The summed E-state index contributed by atoms with van der Waals surface area (Å²) in [6.07, 6.45) is 3.38. The maximum atomic E-state index is 5.86. The van der Waals surface area contributed by atoms with Gasteiger partial charge in [0, 0.05) is 45.4 Å². The van der Waals surface area contributed by atoms with Crippen molar-refractivity contribution in [1.82, 2.24) is 15.5 Å². The van der Waals surface area contributed by atoms with E-state index in [-0.39, 0.29) is 11.1 Å². The largest absolute Gasteiger partial charge is 0.373 e. The maximum absolute atomic E-state index is 5.86. The van der Waals surface area contributed by atoms with E-state index >= 15 is 0 Å². The Morgan fingerprint density at radius 3 is 2.73 bits per heavy atom. The summed E-state index contributed by atoms with van der Waals surface area (Å²) in [5.41, 5.74) is 2.94. The normalized spacial score (nSPS) is 24.4. The summed E-state index contributed by atoms with van der Waals surface area (Å²) < 4.78 is 5.86. The molecule has 0 radical (unpaired) electrons. The summed E-state index contributed by atoms with van der Waals surface area (Å²) >= 11 is 0. The molecule has 1 unspecified atom stereocenters. The highest BCUT2D eigenvalue weighted by molar-refractivity contribution is 5.79. The van der Waals surface area contributed by atoms with Gasteiger partial charge in [-0.2, -0.15) is 0 Å². The maximum Gasteiger partial charge on any atom is 0.191 e. The van der Waals surface area contributed by atoms with Gasteiger partial charge in [-0.05, 0) is 51.2 Å². The van der Waals surface area contributed by atoms with Gasteiger partial charge in [-0.3, -0.25) is 9.89 Å². The van der Waals surface area contributed by atoms with E-state index in [9.17, 15) is 0 Å². The van der Waals surface area contributed by atoms with Crippen LogP contribution in [0.25, 0.3) is 0 Å². The molecule has 0 saturated carbocycles. The van der Waals surface area contributed by atoms with E-state index in [0.29, 0.717) is 0 Å². The third kappa shape index (κ3) is 4.57. The van der Waals surface area contributed by atoms with Gasteiger partial charge in [0.1, 0.15) is 0 Å². The van der Waals surface area contributed by atoms with E-state index in [1.807, 2.05) is 7.05 Å². The van der Waals surface area contributed by atoms with Crippen LogP contribution in [0.5, 0.6) is 0 Å². The molecule has 5 heteroatoms. The van der Waals surface area contributed by atoms with Gasteiger partial charge in [0.25, 0.3) is 0 Å². The van der Waals surface area contributed by atoms with Crippen LogP contribution in [-0.2, 0) is 17.7 Å². The molecule has 0 aliphatic carbocycles. The van der Waals surface area contributed by atoms with Crippen LogP contribution in [0.4, 0.5) is 0 Å². The zero-order valence-electron chi connectivity index (χ0n) is 16.8.